The molecule has 3 nitrogen and oxygen atoms in total. The average molecular weight is 261 g/mol. The molecule has 0 amide bonds. The van der Waals surface area contributed by atoms with E-state index in [0.29, 0.717) is 0 Å². The molecule has 0 radical (unpaired) electrons. The van der Waals surface area contributed by atoms with Crippen LogP contribution < -0.4 is 5.73 Å². The highest BCUT2D eigenvalue weighted by molar-refractivity contribution is 7.98. The van der Waals surface area contributed by atoms with Crippen LogP contribution in [0.3, 0.4) is 0 Å². The molecular weight excluding hydrogens is 250 g/mol. The van der Waals surface area contributed by atoms with Crippen molar-refractivity contribution in [1.82, 2.24) is 9.38 Å². The summed E-state index contributed by atoms with van der Waals surface area (Å²) in [5, 5.41) is 2.04. The molecule has 0 fully saturated rings. The molecule has 17 heavy (non-hydrogen) atoms. The van der Waals surface area contributed by atoms with E-state index in [1.165, 1.54) is 4.90 Å². The maximum absolute atomic E-state index is 5.65. The van der Waals surface area contributed by atoms with E-state index in [2.05, 4.69) is 15.6 Å². The first-order valence-corrected chi connectivity index (χ1v) is 7.07. The molecule has 86 valence electrons. The number of aromatic nitrogens is 2. The van der Waals surface area contributed by atoms with Crippen molar-refractivity contribution in [1.29, 1.82) is 0 Å². The molecule has 0 unspecified atom stereocenters. The van der Waals surface area contributed by atoms with Crippen LogP contribution in [-0.4, -0.2) is 9.38 Å². The first kappa shape index (κ1) is 10.7. The van der Waals surface area contributed by atoms with Crippen molar-refractivity contribution in [3.05, 3.63) is 47.7 Å². The van der Waals surface area contributed by atoms with E-state index in [9.17, 15) is 0 Å². The van der Waals surface area contributed by atoms with Crippen LogP contribution in [0.5, 0.6) is 0 Å². The first-order chi connectivity index (χ1) is 8.31. The molecule has 0 saturated heterocycles. The Morgan fingerprint density at radius 1 is 1.29 bits per heavy atom. The summed E-state index contributed by atoms with van der Waals surface area (Å²) in [5.74, 6) is 0.887. The molecule has 0 bridgehead atoms. The number of benzene rings is 1. The van der Waals surface area contributed by atoms with E-state index >= 15 is 0 Å². The molecular formula is C12H11N3S2. The van der Waals surface area contributed by atoms with Gasteiger partial charge in [0.2, 0.25) is 0 Å². The number of imidazole rings is 1. The number of thioether (sulfide) groups is 1. The van der Waals surface area contributed by atoms with E-state index in [0.717, 1.165) is 22.1 Å². The normalized spacial score (nSPS) is 11.1. The molecule has 5 heteroatoms. The van der Waals surface area contributed by atoms with Gasteiger partial charge in [-0.05, 0) is 24.3 Å². The van der Waals surface area contributed by atoms with Crippen LogP contribution in [-0.2, 0) is 5.75 Å². The van der Waals surface area contributed by atoms with Crippen LogP contribution in [0.15, 0.2) is 46.9 Å². The molecule has 3 rings (SSSR count). The number of rotatable bonds is 3. The van der Waals surface area contributed by atoms with Gasteiger partial charge in [-0.15, -0.1) is 23.1 Å². The fourth-order valence-electron chi connectivity index (χ4n) is 1.57. The van der Waals surface area contributed by atoms with E-state index in [1.54, 1.807) is 23.1 Å². The van der Waals surface area contributed by atoms with Crippen molar-refractivity contribution in [2.75, 3.05) is 5.73 Å². The second kappa shape index (κ2) is 4.43. The minimum absolute atomic E-state index is 0.803. The SMILES string of the molecule is Nc1ccc(SCc2cn3ccsc3n2)cc1. The Morgan fingerprint density at radius 3 is 2.88 bits per heavy atom. The van der Waals surface area contributed by atoms with Gasteiger partial charge in [0.1, 0.15) is 0 Å². The molecule has 0 aliphatic heterocycles. The van der Waals surface area contributed by atoms with Gasteiger partial charge in [-0.1, -0.05) is 0 Å². The summed E-state index contributed by atoms with van der Waals surface area (Å²) in [6.45, 7) is 0. The summed E-state index contributed by atoms with van der Waals surface area (Å²) in [7, 11) is 0. The topological polar surface area (TPSA) is 43.3 Å². The second-order valence-electron chi connectivity index (χ2n) is 3.68. The quantitative estimate of drug-likeness (QED) is 0.581. The number of anilines is 1. The number of nitrogen functional groups attached to an aromatic ring is 1. The van der Waals surface area contributed by atoms with Crippen LogP contribution >= 0.6 is 23.1 Å². The number of thiazole rings is 1. The molecule has 2 aromatic heterocycles. The first-order valence-electron chi connectivity index (χ1n) is 5.21. The van der Waals surface area contributed by atoms with E-state index in [4.69, 9.17) is 5.73 Å². The maximum Gasteiger partial charge on any atom is 0.193 e. The highest BCUT2D eigenvalue weighted by Gasteiger charge is 2.03. The largest absolute Gasteiger partial charge is 0.399 e. The van der Waals surface area contributed by atoms with Crippen LogP contribution in [0.25, 0.3) is 4.96 Å². The Hall–Kier alpha value is -1.46. The maximum atomic E-state index is 5.65. The lowest BCUT2D eigenvalue weighted by molar-refractivity contribution is 1.21. The van der Waals surface area contributed by atoms with E-state index < -0.39 is 0 Å². The molecule has 2 N–H and O–H groups in total. The lowest BCUT2D eigenvalue weighted by Crippen LogP contribution is -1.83. The fourth-order valence-corrected chi connectivity index (χ4v) is 3.07. The Bertz CT molecular complexity index is 596. The van der Waals surface area contributed by atoms with Crippen molar-refractivity contribution in [3.8, 4) is 0 Å². The van der Waals surface area contributed by atoms with Crippen molar-refractivity contribution >= 4 is 33.7 Å². The molecule has 1 aromatic carbocycles. The van der Waals surface area contributed by atoms with Crippen molar-refractivity contribution in [3.63, 3.8) is 0 Å². The van der Waals surface area contributed by atoms with Crippen LogP contribution in [0.1, 0.15) is 5.69 Å². The zero-order valence-corrected chi connectivity index (χ0v) is 10.7. The number of hydrogen-bond donors (Lipinski definition) is 1. The van der Waals surface area contributed by atoms with Gasteiger partial charge in [-0.2, -0.15) is 0 Å². The smallest absolute Gasteiger partial charge is 0.193 e. The molecule has 3 aromatic rings. The fraction of sp³-hybridized carbons (Fsp3) is 0.0833. The van der Waals surface area contributed by atoms with Gasteiger partial charge in [0.25, 0.3) is 0 Å². The highest BCUT2D eigenvalue weighted by atomic mass is 32.2. The summed E-state index contributed by atoms with van der Waals surface area (Å²) in [5.41, 5.74) is 7.56. The minimum atomic E-state index is 0.803. The van der Waals surface area contributed by atoms with Crippen LogP contribution in [0.2, 0.25) is 0 Å². The zero-order valence-electron chi connectivity index (χ0n) is 9.04. The van der Waals surface area contributed by atoms with Crippen LogP contribution in [0.4, 0.5) is 5.69 Å². The highest BCUT2D eigenvalue weighted by Crippen LogP contribution is 2.24. The summed E-state index contributed by atoms with van der Waals surface area (Å²) in [6.07, 6.45) is 4.11. The monoisotopic (exact) mass is 261 g/mol. The Balaban J connectivity index is 1.71. The third kappa shape index (κ3) is 2.30. The number of nitrogens with two attached hydrogens (primary N) is 1. The predicted octanol–water partition coefficient (Wildman–Crippen LogP) is 3.27. The molecule has 0 atom stereocenters. The summed E-state index contributed by atoms with van der Waals surface area (Å²) >= 11 is 3.43. The number of fused-ring (bicyclic) bond motifs is 1. The van der Waals surface area contributed by atoms with Crippen molar-refractivity contribution in [2.45, 2.75) is 10.6 Å². The molecule has 0 aliphatic rings. The number of hydrogen-bond acceptors (Lipinski definition) is 4. The second-order valence-corrected chi connectivity index (χ2v) is 5.60. The minimum Gasteiger partial charge on any atom is -0.399 e. The van der Waals surface area contributed by atoms with Gasteiger partial charge in [0.05, 0.1) is 5.69 Å². The third-order valence-corrected chi connectivity index (χ3v) is 4.23. The van der Waals surface area contributed by atoms with Gasteiger partial charge in [0, 0.05) is 34.1 Å². The third-order valence-electron chi connectivity index (χ3n) is 2.41. The predicted molar refractivity (Wildman–Crippen MR) is 73.5 cm³/mol. The lowest BCUT2D eigenvalue weighted by atomic mass is 10.3. The van der Waals surface area contributed by atoms with Crippen molar-refractivity contribution in [2.24, 2.45) is 0 Å². The lowest BCUT2D eigenvalue weighted by Gasteiger charge is -1.99. The van der Waals surface area contributed by atoms with E-state index in [1.807, 2.05) is 35.8 Å². The average Bonchev–Trinajstić information content (AvgIpc) is 2.88. The number of nitrogens with zero attached hydrogens (tertiary/aromatic N) is 2. The Labute approximate surface area is 107 Å². The van der Waals surface area contributed by atoms with Crippen molar-refractivity contribution < 1.29 is 0 Å². The standard InChI is InChI=1S/C12H11N3S2/c13-9-1-3-11(4-2-9)17-8-10-7-15-5-6-16-12(15)14-10/h1-7H,8,13H2. The summed E-state index contributed by atoms with van der Waals surface area (Å²) in [4.78, 5) is 6.81. The molecule has 0 aliphatic carbocycles. The zero-order chi connectivity index (χ0) is 11.7. The van der Waals surface area contributed by atoms with E-state index in [-0.39, 0.29) is 0 Å². The molecule has 2 heterocycles. The van der Waals surface area contributed by atoms with Gasteiger partial charge in [-0.3, -0.25) is 4.40 Å². The summed E-state index contributed by atoms with van der Waals surface area (Å²) < 4.78 is 2.06. The Morgan fingerprint density at radius 2 is 2.12 bits per heavy atom. The van der Waals surface area contributed by atoms with Gasteiger partial charge < -0.3 is 5.73 Å². The summed E-state index contributed by atoms with van der Waals surface area (Å²) in [6, 6.07) is 7.93. The van der Waals surface area contributed by atoms with Gasteiger partial charge >= 0.3 is 0 Å². The Kier molecular flexibility index (Phi) is 2.78. The van der Waals surface area contributed by atoms with Crippen LogP contribution in [0, 0.1) is 0 Å². The van der Waals surface area contributed by atoms with Gasteiger partial charge in [0.15, 0.2) is 4.96 Å². The molecule has 0 spiro atoms. The van der Waals surface area contributed by atoms with Gasteiger partial charge in [-0.25, -0.2) is 4.98 Å². The molecule has 0 saturated carbocycles.